The van der Waals surface area contributed by atoms with E-state index in [0.29, 0.717) is 25.7 Å². The monoisotopic (exact) mass is 1520 g/mol. The molecule has 0 aromatic carbocycles. The molecule has 0 radical (unpaired) electrons. The molecule has 0 saturated carbocycles. The summed E-state index contributed by atoms with van der Waals surface area (Å²) in [5.74, 6) is -1.41. The first kappa shape index (κ1) is 102. The van der Waals surface area contributed by atoms with E-state index >= 15 is 0 Å². The Morgan fingerprint density at radius 2 is 0.538 bits per heavy atom. The van der Waals surface area contributed by atoms with Crippen LogP contribution in [0.4, 0.5) is 0 Å². The number of rotatable bonds is 83. The van der Waals surface area contributed by atoms with Crippen molar-refractivity contribution in [1.82, 2.24) is 0 Å². The topological polar surface area (TPSA) is 237 Å². The van der Waals surface area contributed by atoms with E-state index in [9.17, 15) is 43.2 Å². The predicted octanol–water partition coefficient (Wildman–Crippen LogP) is 25.5. The van der Waals surface area contributed by atoms with Gasteiger partial charge >= 0.3 is 39.5 Å². The maximum atomic E-state index is 13.1. The first-order valence-electron chi connectivity index (χ1n) is 43.5. The van der Waals surface area contributed by atoms with Gasteiger partial charge in [-0.05, 0) is 57.3 Å². The Labute approximate surface area is 637 Å². The average molecular weight is 1520 g/mol. The predicted molar refractivity (Wildman–Crippen MR) is 428 cm³/mol. The zero-order valence-corrected chi connectivity index (χ0v) is 69.4. The smallest absolute Gasteiger partial charge is 0.462 e. The minimum atomic E-state index is -4.97. The summed E-state index contributed by atoms with van der Waals surface area (Å²) >= 11 is 0. The summed E-state index contributed by atoms with van der Waals surface area (Å²) in [7, 11) is -9.94. The Morgan fingerprint density at radius 3 is 0.817 bits per heavy atom. The number of carbonyl (C=O) groups is 4. The van der Waals surface area contributed by atoms with Gasteiger partial charge in [0.2, 0.25) is 0 Å². The molecule has 0 heterocycles. The molecule has 0 aromatic rings. The van der Waals surface area contributed by atoms with Crippen LogP contribution < -0.4 is 0 Å². The Morgan fingerprint density at radius 1 is 0.308 bits per heavy atom. The van der Waals surface area contributed by atoms with E-state index in [2.05, 4.69) is 58.9 Å². The van der Waals surface area contributed by atoms with Gasteiger partial charge in [-0.15, -0.1) is 0 Å². The molecule has 0 aliphatic rings. The molecule has 3 unspecified atom stereocenters. The maximum Gasteiger partial charge on any atom is 0.472 e. The fourth-order valence-corrected chi connectivity index (χ4v) is 14.3. The normalized spacial score (nSPS) is 14.2. The summed E-state index contributed by atoms with van der Waals surface area (Å²) in [6.07, 6.45) is 73.1. The van der Waals surface area contributed by atoms with Crippen molar-refractivity contribution in [2.24, 2.45) is 5.92 Å². The van der Waals surface area contributed by atoms with E-state index in [-0.39, 0.29) is 25.7 Å². The largest absolute Gasteiger partial charge is 0.472 e. The van der Waals surface area contributed by atoms with Crippen LogP contribution in [0, 0.1) is 5.92 Å². The SMILES string of the molecule is CCCCCC/C=C\C=C/CCCCCCCC(=O)O[C@H](COC(=O)CCCCCCCCC(C)CC)COP(=O)(O)OC[C@H](O)COP(=O)(O)OC[C@@H](COC(=O)CCCCCCCCCCCCCCCCCCCCC)OC(=O)CCCCCCCCCCCCCCCCCCCCCC. The van der Waals surface area contributed by atoms with Crippen LogP contribution in [0.15, 0.2) is 24.3 Å². The lowest BCUT2D eigenvalue weighted by Crippen LogP contribution is -2.30. The molecule has 0 aliphatic carbocycles. The summed E-state index contributed by atoms with van der Waals surface area (Å²) < 4.78 is 68.8. The van der Waals surface area contributed by atoms with Gasteiger partial charge in [0.05, 0.1) is 26.4 Å². The van der Waals surface area contributed by atoms with Crippen LogP contribution in [-0.2, 0) is 65.4 Å². The highest BCUT2D eigenvalue weighted by Crippen LogP contribution is 2.45. The third-order valence-electron chi connectivity index (χ3n) is 19.8. The lowest BCUT2D eigenvalue weighted by molar-refractivity contribution is -0.161. The summed E-state index contributed by atoms with van der Waals surface area (Å²) in [6.45, 7) is 7.24. The molecule has 104 heavy (non-hydrogen) atoms. The van der Waals surface area contributed by atoms with E-state index in [1.807, 2.05) is 0 Å². The number of hydrogen-bond donors (Lipinski definition) is 3. The van der Waals surface area contributed by atoms with Gasteiger partial charge < -0.3 is 33.8 Å². The first-order chi connectivity index (χ1) is 50.6. The van der Waals surface area contributed by atoms with Gasteiger partial charge in [0.1, 0.15) is 19.3 Å². The van der Waals surface area contributed by atoms with Crippen LogP contribution >= 0.6 is 15.6 Å². The number of aliphatic hydroxyl groups is 1. The first-order valence-corrected chi connectivity index (χ1v) is 46.5. The highest BCUT2D eigenvalue weighted by Gasteiger charge is 2.30. The Bertz CT molecular complexity index is 2080. The van der Waals surface area contributed by atoms with Crippen molar-refractivity contribution in [3.63, 3.8) is 0 Å². The number of allylic oxidation sites excluding steroid dienone is 4. The minimum Gasteiger partial charge on any atom is -0.462 e. The molecule has 0 fully saturated rings. The minimum absolute atomic E-state index is 0.0846. The van der Waals surface area contributed by atoms with Crippen molar-refractivity contribution in [3.05, 3.63) is 24.3 Å². The van der Waals surface area contributed by atoms with Crippen molar-refractivity contribution in [1.29, 1.82) is 0 Å². The Balaban J connectivity index is 5.26. The van der Waals surface area contributed by atoms with Crippen LogP contribution in [-0.4, -0.2) is 96.7 Å². The van der Waals surface area contributed by atoms with Gasteiger partial charge in [-0.2, -0.15) is 0 Å². The molecule has 0 bridgehead atoms. The van der Waals surface area contributed by atoms with Crippen molar-refractivity contribution in [3.8, 4) is 0 Å². The second-order valence-corrected chi connectivity index (χ2v) is 33.0. The number of hydrogen-bond acceptors (Lipinski definition) is 15. The van der Waals surface area contributed by atoms with Crippen molar-refractivity contribution in [2.75, 3.05) is 39.6 Å². The summed E-state index contributed by atoms with van der Waals surface area (Å²) in [4.78, 5) is 73.1. The van der Waals surface area contributed by atoms with E-state index in [0.717, 1.165) is 115 Å². The van der Waals surface area contributed by atoms with Crippen LogP contribution in [0.3, 0.4) is 0 Å². The Hall–Kier alpha value is -2.46. The second kappa shape index (κ2) is 77.3. The van der Waals surface area contributed by atoms with Crippen molar-refractivity contribution in [2.45, 2.75) is 451 Å². The molecule has 0 amide bonds. The third-order valence-corrected chi connectivity index (χ3v) is 21.7. The molecule has 0 aromatic heterocycles. The number of phosphoric ester groups is 2. The number of ether oxygens (including phenoxy) is 4. The molecule has 0 spiro atoms. The van der Waals surface area contributed by atoms with Crippen molar-refractivity contribution >= 4 is 39.5 Å². The van der Waals surface area contributed by atoms with E-state index in [1.54, 1.807) is 0 Å². The van der Waals surface area contributed by atoms with Gasteiger partial charge in [0.25, 0.3) is 0 Å². The molecule has 6 atom stereocenters. The van der Waals surface area contributed by atoms with Crippen LogP contribution in [0.25, 0.3) is 0 Å². The van der Waals surface area contributed by atoms with Crippen LogP contribution in [0.1, 0.15) is 433 Å². The fourth-order valence-electron chi connectivity index (χ4n) is 12.7. The van der Waals surface area contributed by atoms with E-state index in [4.69, 9.17) is 37.0 Å². The van der Waals surface area contributed by atoms with Gasteiger partial charge in [-0.1, -0.05) is 380 Å². The number of esters is 4. The number of aliphatic hydroxyl groups excluding tert-OH is 1. The van der Waals surface area contributed by atoms with Crippen molar-refractivity contribution < 1.29 is 80.2 Å². The van der Waals surface area contributed by atoms with Gasteiger partial charge in [0, 0.05) is 25.7 Å². The van der Waals surface area contributed by atoms with Gasteiger partial charge in [0.15, 0.2) is 12.2 Å². The molecule has 17 nitrogen and oxygen atoms in total. The highest BCUT2D eigenvalue weighted by atomic mass is 31.2. The number of carbonyl (C=O) groups excluding carboxylic acids is 4. The van der Waals surface area contributed by atoms with E-state index in [1.165, 1.54) is 238 Å². The molecule has 0 rings (SSSR count). The molecule has 0 saturated heterocycles. The molecule has 3 N–H and O–H groups in total. The lowest BCUT2D eigenvalue weighted by Gasteiger charge is -2.21. The molecular formula is C85H162O17P2. The van der Waals surface area contributed by atoms with Crippen LogP contribution in [0.2, 0.25) is 0 Å². The number of phosphoric acid groups is 2. The molecule has 614 valence electrons. The van der Waals surface area contributed by atoms with Gasteiger partial charge in [-0.3, -0.25) is 37.3 Å². The number of unbranched alkanes of at least 4 members (excludes halogenated alkanes) is 51. The van der Waals surface area contributed by atoms with Crippen LogP contribution in [0.5, 0.6) is 0 Å². The van der Waals surface area contributed by atoms with E-state index < -0.39 is 97.5 Å². The quantitative estimate of drug-likeness (QED) is 0.0169. The molecule has 19 heteroatoms. The average Bonchev–Trinajstić information content (AvgIpc) is 0.911. The highest BCUT2D eigenvalue weighted by molar-refractivity contribution is 7.47. The maximum absolute atomic E-state index is 13.1. The fraction of sp³-hybridized carbons (Fsp3) is 0.906. The summed E-state index contributed by atoms with van der Waals surface area (Å²) in [5, 5.41) is 10.7. The zero-order chi connectivity index (χ0) is 76.2. The summed E-state index contributed by atoms with van der Waals surface area (Å²) in [6, 6.07) is 0. The molecular weight excluding hydrogens is 1350 g/mol. The lowest BCUT2D eigenvalue weighted by atomic mass is 10.00. The molecule has 0 aliphatic heterocycles. The zero-order valence-electron chi connectivity index (χ0n) is 67.7. The standard InChI is InChI=1S/C85H162O17P2/c1-6-10-13-16-19-22-25-28-31-33-35-37-39-42-45-48-51-54-61-66-70-84(89)101-80(74-95-82(87)68-63-58-52-49-46-43-41-38-36-34-32-29-26-23-20-17-14-11-7-2)76-99-103(91,92)97-72-79(86)73-98-104(93,94)100-77-81(75-96-83(88)69-64-59-56-55-57-62-67-78(5)9-4)102-85(90)71-65-60-53-50-47-44-40-30-27-24-21-18-15-12-8-3/h24,27,30,40,78-81,86H,6-23,25-26,28-29,31-39,41-77H2,1-5H3,(H,91,92)(H,93,94)/b27-24-,40-30-/t78?,79-,80-,81-/m1/s1. The Kier molecular flexibility index (Phi) is 75.4. The second-order valence-electron chi connectivity index (χ2n) is 30.1. The summed E-state index contributed by atoms with van der Waals surface area (Å²) in [5.41, 5.74) is 0. The van der Waals surface area contributed by atoms with Gasteiger partial charge in [-0.25, -0.2) is 9.13 Å². The third kappa shape index (κ3) is 76.3.